The van der Waals surface area contributed by atoms with Crippen LogP contribution in [0.3, 0.4) is 0 Å². The van der Waals surface area contributed by atoms with Gasteiger partial charge in [0.25, 0.3) is 0 Å². The molecule has 2 amide bonds. The molecule has 4 heterocycles. The van der Waals surface area contributed by atoms with Gasteiger partial charge in [0.2, 0.25) is 11.8 Å². The average molecular weight is 474 g/mol. The van der Waals surface area contributed by atoms with E-state index in [-0.39, 0.29) is 17.7 Å². The molecule has 5 rings (SSSR count). The summed E-state index contributed by atoms with van der Waals surface area (Å²) in [5, 5.41) is 16.2. The van der Waals surface area contributed by atoms with Crippen LogP contribution in [0.15, 0.2) is 48.7 Å². The van der Waals surface area contributed by atoms with E-state index < -0.39 is 0 Å². The number of benzene rings is 1. The molecule has 9 heteroatoms. The number of anilines is 3. The number of rotatable bonds is 8. The molecule has 2 aliphatic heterocycles. The Labute approximate surface area is 204 Å². The second-order valence-electron chi connectivity index (χ2n) is 9.20. The number of likely N-dealkylation sites (tertiary alicyclic amines) is 1. The molecule has 2 saturated heterocycles. The number of nitrogens with one attached hydrogen (secondary N) is 2. The van der Waals surface area contributed by atoms with Crippen LogP contribution in [0, 0.1) is 5.92 Å². The van der Waals surface area contributed by atoms with Crippen molar-refractivity contribution in [2.24, 2.45) is 5.92 Å². The van der Waals surface area contributed by atoms with Crippen molar-refractivity contribution in [3.8, 4) is 0 Å². The second kappa shape index (κ2) is 10.7. The molecule has 182 valence electrons. The Bertz CT molecular complexity index is 1180. The number of hydrogen-bond donors (Lipinski definition) is 2. The number of nitrogens with zero attached hydrogens (tertiary/aromatic N) is 5. The fraction of sp³-hybridized carbons (Fsp3) is 0.423. The van der Waals surface area contributed by atoms with Crippen molar-refractivity contribution >= 4 is 40.0 Å². The highest BCUT2D eigenvalue weighted by atomic mass is 16.2. The van der Waals surface area contributed by atoms with E-state index >= 15 is 0 Å². The Kier molecular flexibility index (Phi) is 7.02. The fourth-order valence-corrected chi connectivity index (χ4v) is 4.80. The molecule has 0 radical (unpaired) electrons. The number of carbonyl (C=O) groups is 2. The van der Waals surface area contributed by atoms with E-state index in [4.69, 9.17) is 0 Å². The SMILES string of the molecule is O=C(NCCCN1CCCC1=O)C1CCN(c2ccc(Nc3ccc4ncccc4c3)nn2)CC1. The minimum Gasteiger partial charge on any atom is -0.356 e. The molecular formula is C26H31N7O2. The van der Waals surface area contributed by atoms with E-state index in [1.807, 2.05) is 47.4 Å². The quantitative estimate of drug-likeness (QED) is 0.485. The van der Waals surface area contributed by atoms with E-state index in [0.29, 0.717) is 18.8 Å². The van der Waals surface area contributed by atoms with E-state index in [1.54, 1.807) is 6.20 Å². The molecule has 0 atom stereocenters. The highest BCUT2D eigenvalue weighted by Gasteiger charge is 2.26. The first kappa shape index (κ1) is 23.0. The van der Waals surface area contributed by atoms with Crippen LogP contribution in [0.4, 0.5) is 17.3 Å². The van der Waals surface area contributed by atoms with Gasteiger partial charge in [-0.25, -0.2) is 0 Å². The Morgan fingerprint density at radius 3 is 2.71 bits per heavy atom. The van der Waals surface area contributed by atoms with Crippen LogP contribution < -0.4 is 15.5 Å². The van der Waals surface area contributed by atoms with Crippen molar-refractivity contribution in [2.75, 3.05) is 42.9 Å². The van der Waals surface area contributed by atoms with Crippen LogP contribution in [0.2, 0.25) is 0 Å². The maximum atomic E-state index is 12.6. The Morgan fingerprint density at radius 1 is 1.06 bits per heavy atom. The minimum absolute atomic E-state index is 0.0240. The first-order chi connectivity index (χ1) is 17.2. The maximum absolute atomic E-state index is 12.6. The predicted molar refractivity (Wildman–Crippen MR) is 135 cm³/mol. The van der Waals surface area contributed by atoms with E-state index in [9.17, 15) is 9.59 Å². The molecule has 2 N–H and O–H groups in total. The summed E-state index contributed by atoms with van der Waals surface area (Å²) in [6.45, 7) is 3.76. The van der Waals surface area contributed by atoms with Crippen LogP contribution in [0.25, 0.3) is 10.9 Å². The van der Waals surface area contributed by atoms with Gasteiger partial charge in [-0.2, -0.15) is 0 Å². The number of carbonyl (C=O) groups excluding carboxylic acids is 2. The van der Waals surface area contributed by atoms with Gasteiger partial charge in [-0.3, -0.25) is 14.6 Å². The molecule has 1 aromatic carbocycles. The van der Waals surface area contributed by atoms with Gasteiger partial charge in [-0.15, -0.1) is 10.2 Å². The summed E-state index contributed by atoms with van der Waals surface area (Å²) in [7, 11) is 0. The summed E-state index contributed by atoms with van der Waals surface area (Å²) in [5.74, 6) is 1.89. The van der Waals surface area contributed by atoms with Gasteiger partial charge in [-0.05, 0) is 62.1 Å². The normalized spacial score (nSPS) is 16.6. The second-order valence-corrected chi connectivity index (χ2v) is 9.20. The molecule has 0 aliphatic carbocycles. The van der Waals surface area contributed by atoms with Gasteiger partial charge in [-0.1, -0.05) is 6.07 Å². The lowest BCUT2D eigenvalue weighted by molar-refractivity contribution is -0.127. The molecule has 0 unspecified atom stereocenters. The van der Waals surface area contributed by atoms with E-state index in [1.165, 1.54) is 0 Å². The highest BCUT2D eigenvalue weighted by molar-refractivity contribution is 5.83. The van der Waals surface area contributed by atoms with Crippen LogP contribution in [0.5, 0.6) is 0 Å². The molecule has 9 nitrogen and oxygen atoms in total. The van der Waals surface area contributed by atoms with Crippen LogP contribution >= 0.6 is 0 Å². The lowest BCUT2D eigenvalue weighted by Crippen LogP contribution is -2.41. The van der Waals surface area contributed by atoms with Gasteiger partial charge < -0.3 is 20.4 Å². The Morgan fingerprint density at radius 2 is 1.94 bits per heavy atom. The van der Waals surface area contributed by atoms with E-state index in [2.05, 4.69) is 30.7 Å². The van der Waals surface area contributed by atoms with Crippen molar-refractivity contribution in [2.45, 2.75) is 32.1 Å². The first-order valence-corrected chi connectivity index (χ1v) is 12.4. The topological polar surface area (TPSA) is 103 Å². The third-order valence-electron chi connectivity index (χ3n) is 6.79. The molecule has 3 aromatic rings. The van der Waals surface area contributed by atoms with Crippen molar-refractivity contribution in [3.05, 3.63) is 48.7 Å². The zero-order valence-corrected chi connectivity index (χ0v) is 19.8. The summed E-state index contributed by atoms with van der Waals surface area (Å²) >= 11 is 0. The number of hydrogen-bond acceptors (Lipinski definition) is 7. The van der Waals surface area contributed by atoms with Gasteiger partial charge in [0.15, 0.2) is 11.6 Å². The summed E-state index contributed by atoms with van der Waals surface area (Å²) in [4.78, 5) is 32.6. The molecule has 35 heavy (non-hydrogen) atoms. The number of piperidine rings is 1. The number of aromatic nitrogens is 3. The third-order valence-corrected chi connectivity index (χ3v) is 6.79. The molecule has 0 saturated carbocycles. The lowest BCUT2D eigenvalue weighted by atomic mass is 9.96. The Balaban J connectivity index is 1.06. The molecule has 2 aromatic heterocycles. The lowest BCUT2D eigenvalue weighted by Gasteiger charge is -2.31. The van der Waals surface area contributed by atoms with Gasteiger partial charge >= 0.3 is 0 Å². The summed E-state index contributed by atoms with van der Waals surface area (Å²) < 4.78 is 0. The minimum atomic E-state index is 0.0240. The predicted octanol–water partition coefficient (Wildman–Crippen LogP) is 3.11. The van der Waals surface area contributed by atoms with Crippen molar-refractivity contribution < 1.29 is 9.59 Å². The van der Waals surface area contributed by atoms with Crippen LogP contribution in [0.1, 0.15) is 32.1 Å². The summed E-state index contributed by atoms with van der Waals surface area (Å²) in [5.41, 5.74) is 1.89. The third kappa shape index (κ3) is 5.67. The van der Waals surface area contributed by atoms with Crippen LogP contribution in [-0.4, -0.2) is 64.6 Å². The maximum Gasteiger partial charge on any atom is 0.223 e. The average Bonchev–Trinajstić information content (AvgIpc) is 3.31. The van der Waals surface area contributed by atoms with Crippen molar-refractivity contribution in [1.29, 1.82) is 0 Å². The summed E-state index contributed by atoms with van der Waals surface area (Å²) in [6.07, 6.45) is 5.80. The fourth-order valence-electron chi connectivity index (χ4n) is 4.80. The van der Waals surface area contributed by atoms with Gasteiger partial charge in [0, 0.05) is 62.3 Å². The molecule has 2 aliphatic rings. The number of fused-ring (bicyclic) bond motifs is 1. The smallest absolute Gasteiger partial charge is 0.223 e. The van der Waals surface area contributed by atoms with Gasteiger partial charge in [0.1, 0.15) is 0 Å². The zero-order valence-electron chi connectivity index (χ0n) is 19.8. The largest absolute Gasteiger partial charge is 0.356 e. The molecular weight excluding hydrogens is 442 g/mol. The standard InChI is InChI=1S/C26H31N7O2/c34-25-5-2-14-33(25)15-3-13-28-26(35)19-10-16-32(17-11-19)24-9-8-23(30-31-24)29-21-6-7-22-20(18-21)4-1-12-27-22/h1,4,6-9,12,18-19H,2-3,5,10-11,13-17H2,(H,28,35)(H,29,30). The molecule has 0 spiro atoms. The zero-order chi connectivity index (χ0) is 24.0. The van der Waals surface area contributed by atoms with Crippen molar-refractivity contribution in [3.63, 3.8) is 0 Å². The highest BCUT2D eigenvalue weighted by Crippen LogP contribution is 2.24. The first-order valence-electron chi connectivity index (χ1n) is 12.4. The Hall–Kier alpha value is -3.75. The molecule has 0 bridgehead atoms. The number of amides is 2. The van der Waals surface area contributed by atoms with Crippen LogP contribution in [-0.2, 0) is 9.59 Å². The monoisotopic (exact) mass is 473 g/mol. The molecule has 2 fully saturated rings. The van der Waals surface area contributed by atoms with Crippen molar-refractivity contribution in [1.82, 2.24) is 25.4 Å². The van der Waals surface area contributed by atoms with Gasteiger partial charge in [0.05, 0.1) is 5.52 Å². The summed E-state index contributed by atoms with van der Waals surface area (Å²) in [6, 6.07) is 13.9. The van der Waals surface area contributed by atoms with E-state index in [0.717, 1.165) is 74.3 Å². The number of pyridine rings is 1.